The molecule has 2 aromatic carbocycles. The van der Waals surface area contributed by atoms with Gasteiger partial charge in [0.1, 0.15) is 5.82 Å². The highest BCUT2D eigenvalue weighted by molar-refractivity contribution is 7.99. The number of aryl methyl sites for hydroxylation is 2. The van der Waals surface area contributed by atoms with E-state index in [-0.39, 0.29) is 24.2 Å². The number of nitrogens with zero attached hydrogens (tertiary/aromatic N) is 1. The highest BCUT2D eigenvalue weighted by atomic mass is 32.2. The number of rotatable bonds is 5. The van der Waals surface area contributed by atoms with Crippen molar-refractivity contribution < 1.29 is 13.6 Å². The smallest absolute Gasteiger partial charge is 0.220 e. The fourth-order valence-electron chi connectivity index (χ4n) is 3.28. The molecule has 6 heteroatoms. The summed E-state index contributed by atoms with van der Waals surface area (Å²) in [6, 6.07) is 12.6. The SMILES string of the molecule is Cc1ccc(-c2cnc(CCC(=O)NC3CCSc4ccc(F)cc43)o2)cc1. The number of hydrogen-bond donors (Lipinski definition) is 1. The second-order valence-corrected chi connectivity index (χ2v) is 8.06. The van der Waals surface area contributed by atoms with Crippen LogP contribution < -0.4 is 5.32 Å². The molecule has 0 saturated carbocycles. The van der Waals surface area contributed by atoms with E-state index < -0.39 is 0 Å². The van der Waals surface area contributed by atoms with Crippen LogP contribution in [0.5, 0.6) is 0 Å². The van der Waals surface area contributed by atoms with Gasteiger partial charge in [0, 0.05) is 29.1 Å². The number of oxazole rings is 1. The molecule has 0 fully saturated rings. The number of nitrogens with one attached hydrogen (secondary N) is 1. The average molecular weight is 396 g/mol. The molecule has 0 radical (unpaired) electrons. The third-order valence-electron chi connectivity index (χ3n) is 4.80. The van der Waals surface area contributed by atoms with E-state index >= 15 is 0 Å². The van der Waals surface area contributed by atoms with Crippen molar-refractivity contribution in [1.29, 1.82) is 0 Å². The summed E-state index contributed by atoms with van der Waals surface area (Å²) in [6.07, 6.45) is 3.19. The van der Waals surface area contributed by atoms with E-state index in [0.717, 1.165) is 28.2 Å². The number of thioether (sulfide) groups is 1. The Balaban J connectivity index is 1.36. The number of benzene rings is 2. The van der Waals surface area contributed by atoms with Gasteiger partial charge in [-0.1, -0.05) is 29.8 Å². The molecule has 28 heavy (non-hydrogen) atoms. The van der Waals surface area contributed by atoms with Gasteiger partial charge in [-0.3, -0.25) is 4.79 Å². The molecule has 1 N–H and O–H groups in total. The minimum absolute atomic E-state index is 0.0813. The van der Waals surface area contributed by atoms with Crippen LogP contribution in [0.2, 0.25) is 0 Å². The number of hydrogen-bond acceptors (Lipinski definition) is 4. The lowest BCUT2D eigenvalue weighted by Gasteiger charge is -2.26. The minimum Gasteiger partial charge on any atom is -0.441 e. The minimum atomic E-state index is -0.274. The molecule has 1 aliphatic rings. The Hall–Kier alpha value is -2.60. The second-order valence-electron chi connectivity index (χ2n) is 6.92. The van der Waals surface area contributed by atoms with Crippen LogP contribution in [0.15, 0.2) is 58.0 Å². The van der Waals surface area contributed by atoms with Gasteiger partial charge >= 0.3 is 0 Å². The second kappa shape index (κ2) is 8.19. The molecular formula is C22H21FN2O2S. The predicted octanol–water partition coefficient (Wildman–Crippen LogP) is 5.08. The van der Waals surface area contributed by atoms with E-state index in [4.69, 9.17) is 4.42 Å². The number of carbonyl (C=O) groups excluding carboxylic acids is 1. The molecule has 0 aliphatic carbocycles. The van der Waals surface area contributed by atoms with E-state index in [0.29, 0.717) is 18.1 Å². The molecule has 1 unspecified atom stereocenters. The maximum atomic E-state index is 13.6. The van der Waals surface area contributed by atoms with E-state index in [9.17, 15) is 9.18 Å². The van der Waals surface area contributed by atoms with Crippen molar-refractivity contribution in [2.45, 2.75) is 37.1 Å². The van der Waals surface area contributed by atoms with Crippen molar-refractivity contribution >= 4 is 17.7 Å². The van der Waals surface area contributed by atoms with Crippen molar-refractivity contribution in [3.8, 4) is 11.3 Å². The van der Waals surface area contributed by atoms with E-state index in [1.165, 1.54) is 17.7 Å². The summed E-state index contributed by atoms with van der Waals surface area (Å²) < 4.78 is 19.4. The number of halogens is 1. The molecule has 4 rings (SSSR count). The first-order valence-electron chi connectivity index (χ1n) is 9.32. The van der Waals surface area contributed by atoms with Crippen molar-refractivity contribution in [2.24, 2.45) is 0 Å². The van der Waals surface area contributed by atoms with Crippen LogP contribution in [0.1, 0.15) is 35.9 Å². The third-order valence-corrected chi connectivity index (χ3v) is 5.92. The first-order chi connectivity index (χ1) is 13.6. The Kier molecular flexibility index (Phi) is 5.48. The molecule has 1 amide bonds. The summed E-state index contributed by atoms with van der Waals surface area (Å²) in [4.78, 5) is 17.7. The first kappa shape index (κ1) is 18.7. The molecule has 0 bridgehead atoms. The van der Waals surface area contributed by atoms with Gasteiger partial charge in [-0.05, 0) is 37.1 Å². The molecule has 1 aliphatic heterocycles. The van der Waals surface area contributed by atoms with Gasteiger partial charge in [0.25, 0.3) is 0 Å². The summed E-state index contributed by atoms with van der Waals surface area (Å²) in [5.74, 6) is 1.79. The number of amides is 1. The van der Waals surface area contributed by atoms with E-state index in [1.54, 1.807) is 24.0 Å². The van der Waals surface area contributed by atoms with Crippen molar-refractivity contribution in [2.75, 3.05) is 5.75 Å². The van der Waals surface area contributed by atoms with Gasteiger partial charge in [0.05, 0.1) is 12.2 Å². The summed E-state index contributed by atoms with van der Waals surface area (Å²) in [6.45, 7) is 2.03. The zero-order valence-corrected chi connectivity index (χ0v) is 16.4. The van der Waals surface area contributed by atoms with Crippen LogP contribution in [0.4, 0.5) is 4.39 Å². The Morgan fingerprint density at radius 2 is 2.11 bits per heavy atom. The summed E-state index contributed by atoms with van der Waals surface area (Å²) in [5, 5.41) is 3.03. The Morgan fingerprint density at radius 3 is 2.93 bits per heavy atom. The number of aromatic nitrogens is 1. The van der Waals surface area contributed by atoms with Crippen molar-refractivity contribution in [1.82, 2.24) is 10.3 Å². The van der Waals surface area contributed by atoms with Crippen LogP contribution in [0, 0.1) is 12.7 Å². The fraction of sp³-hybridized carbons (Fsp3) is 0.273. The van der Waals surface area contributed by atoms with Crippen LogP contribution in [0.25, 0.3) is 11.3 Å². The van der Waals surface area contributed by atoms with Crippen LogP contribution in [0.3, 0.4) is 0 Å². The van der Waals surface area contributed by atoms with Crippen molar-refractivity contribution in [3.05, 3.63) is 71.5 Å². The molecule has 0 spiro atoms. The Morgan fingerprint density at radius 1 is 1.29 bits per heavy atom. The zero-order valence-electron chi connectivity index (χ0n) is 15.6. The fourth-order valence-corrected chi connectivity index (χ4v) is 4.38. The maximum Gasteiger partial charge on any atom is 0.220 e. The number of fused-ring (bicyclic) bond motifs is 1. The number of carbonyl (C=O) groups is 1. The van der Waals surface area contributed by atoms with E-state index in [2.05, 4.69) is 10.3 Å². The highest BCUT2D eigenvalue weighted by Gasteiger charge is 2.23. The monoisotopic (exact) mass is 396 g/mol. The lowest BCUT2D eigenvalue weighted by molar-refractivity contribution is -0.121. The quantitative estimate of drug-likeness (QED) is 0.654. The summed E-state index contributed by atoms with van der Waals surface area (Å²) in [7, 11) is 0. The highest BCUT2D eigenvalue weighted by Crippen LogP contribution is 2.36. The molecule has 0 saturated heterocycles. The molecule has 1 aromatic heterocycles. The van der Waals surface area contributed by atoms with Gasteiger partial charge in [-0.15, -0.1) is 11.8 Å². The summed E-state index contributed by atoms with van der Waals surface area (Å²) >= 11 is 1.70. The summed E-state index contributed by atoms with van der Waals surface area (Å²) in [5.41, 5.74) is 3.01. The van der Waals surface area contributed by atoms with Gasteiger partial charge in [-0.2, -0.15) is 0 Å². The van der Waals surface area contributed by atoms with Gasteiger partial charge in [-0.25, -0.2) is 9.37 Å². The average Bonchev–Trinajstić information content (AvgIpc) is 3.16. The lowest BCUT2D eigenvalue weighted by atomic mass is 10.0. The van der Waals surface area contributed by atoms with Crippen LogP contribution >= 0.6 is 11.8 Å². The third kappa shape index (κ3) is 4.28. The van der Waals surface area contributed by atoms with Gasteiger partial charge in [0.2, 0.25) is 5.91 Å². The zero-order chi connectivity index (χ0) is 19.5. The molecule has 1 atom stereocenters. The molecule has 4 nitrogen and oxygen atoms in total. The standard InChI is InChI=1S/C22H21FN2O2S/c1-14-2-4-15(5-3-14)19-13-24-22(27-19)9-8-21(26)25-18-10-11-28-20-7-6-16(23)12-17(18)20/h2-7,12-13,18H,8-11H2,1H3,(H,25,26). The van der Waals surface area contributed by atoms with Crippen molar-refractivity contribution in [3.63, 3.8) is 0 Å². The Bertz CT molecular complexity index is 984. The molecular weight excluding hydrogens is 375 g/mol. The van der Waals surface area contributed by atoms with Gasteiger partial charge in [0.15, 0.2) is 11.7 Å². The molecule has 144 valence electrons. The van der Waals surface area contributed by atoms with Crippen LogP contribution in [-0.2, 0) is 11.2 Å². The van der Waals surface area contributed by atoms with E-state index in [1.807, 2.05) is 31.2 Å². The molecule has 2 heterocycles. The Labute approximate surface area is 167 Å². The van der Waals surface area contributed by atoms with Crippen LogP contribution in [-0.4, -0.2) is 16.6 Å². The normalized spacial score (nSPS) is 15.9. The maximum absolute atomic E-state index is 13.6. The topological polar surface area (TPSA) is 55.1 Å². The largest absolute Gasteiger partial charge is 0.441 e. The van der Waals surface area contributed by atoms with Gasteiger partial charge < -0.3 is 9.73 Å². The first-order valence-corrected chi connectivity index (χ1v) is 10.3. The predicted molar refractivity (Wildman–Crippen MR) is 108 cm³/mol. The molecule has 3 aromatic rings. The lowest BCUT2D eigenvalue weighted by Crippen LogP contribution is -2.30.